The van der Waals surface area contributed by atoms with Gasteiger partial charge in [0.1, 0.15) is 0 Å². The van der Waals surface area contributed by atoms with Crippen LogP contribution in [0.2, 0.25) is 0 Å². The predicted octanol–water partition coefficient (Wildman–Crippen LogP) is -1.44. The molecule has 6 nitrogen and oxygen atoms in total. The molecule has 7 heteroatoms. The third kappa shape index (κ3) is 6.84. The van der Waals surface area contributed by atoms with E-state index in [1.54, 1.807) is 6.08 Å². The predicted molar refractivity (Wildman–Crippen MR) is 53.1 cm³/mol. The van der Waals surface area contributed by atoms with E-state index in [4.69, 9.17) is 15.1 Å². The van der Waals surface area contributed by atoms with E-state index < -0.39 is 7.32 Å². The van der Waals surface area contributed by atoms with Crippen LogP contribution in [0.4, 0.5) is 0 Å². The Kier molecular flexibility index (Phi) is 6.60. The molecule has 0 aromatic carbocycles. The summed E-state index contributed by atoms with van der Waals surface area (Å²) in [6, 6.07) is 0. The number of imide groups is 1. The average molecular weight is 215 g/mol. The summed E-state index contributed by atoms with van der Waals surface area (Å²) in [4.78, 5) is 21.6. The van der Waals surface area contributed by atoms with Gasteiger partial charge in [-0.2, -0.15) is 0 Å². The monoisotopic (exact) mass is 215 g/mol. The maximum absolute atomic E-state index is 10.9. The Hall–Kier alpha value is -1.18. The maximum Gasteiger partial charge on any atom is 0.631 e. The highest BCUT2D eigenvalue weighted by Gasteiger charge is 2.27. The van der Waals surface area contributed by atoms with Crippen molar-refractivity contribution in [1.29, 1.82) is 0 Å². The van der Waals surface area contributed by atoms with E-state index in [-0.39, 0.29) is 17.7 Å². The lowest BCUT2D eigenvalue weighted by Gasteiger charge is -1.94. The van der Waals surface area contributed by atoms with Crippen molar-refractivity contribution in [3.8, 4) is 0 Å². The minimum atomic E-state index is -2.17. The quantitative estimate of drug-likeness (QED) is 0.256. The van der Waals surface area contributed by atoms with Crippen molar-refractivity contribution < 1.29 is 24.7 Å². The van der Waals surface area contributed by atoms with Gasteiger partial charge in [0.2, 0.25) is 11.8 Å². The summed E-state index contributed by atoms with van der Waals surface area (Å²) in [7, 11) is -2.17. The summed E-state index contributed by atoms with van der Waals surface area (Å²) >= 11 is 0. The largest absolute Gasteiger partial charge is 0.631 e. The third-order valence-electron chi connectivity index (χ3n) is 1.61. The Labute approximate surface area is 87.8 Å². The van der Waals surface area contributed by atoms with E-state index in [9.17, 15) is 9.59 Å². The molecule has 0 aromatic heterocycles. The molecule has 0 aromatic rings. The van der Waals surface area contributed by atoms with Crippen molar-refractivity contribution >= 4 is 19.1 Å². The summed E-state index contributed by atoms with van der Waals surface area (Å²) in [5.74, 6) is -0.553. The van der Waals surface area contributed by atoms with Gasteiger partial charge in [0, 0.05) is 6.42 Å². The minimum absolute atomic E-state index is 0.166. The normalized spacial score (nSPS) is 19.9. The van der Waals surface area contributed by atoms with Gasteiger partial charge in [-0.05, 0) is 6.42 Å². The first-order chi connectivity index (χ1) is 6.97. The van der Waals surface area contributed by atoms with Crippen LogP contribution < -0.4 is 5.32 Å². The van der Waals surface area contributed by atoms with Crippen molar-refractivity contribution in [3.05, 3.63) is 12.2 Å². The zero-order valence-electron chi connectivity index (χ0n) is 8.38. The van der Waals surface area contributed by atoms with Crippen molar-refractivity contribution in [1.82, 2.24) is 5.32 Å². The zero-order valence-corrected chi connectivity index (χ0v) is 8.38. The molecule has 1 unspecified atom stereocenters. The van der Waals surface area contributed by atoms with Crippen LogP contribution in [-0.4, -0.2) is 34.2 Å². The van der Waals surface area contributed by atoms with Gasteiger partial charge in [-0.15, -0.1) is 0 Å². The van der Waals surface area contributed by atoms with Crippen LogP contribution in [0.5, 0.6) is 0 Å². The van der Waals surface area contributed by atoms with Gasteiger partial charge in [0.25, 0.3) is 0 Å². The van der Waals surface area contributed by atoms with Crippen LogP contribution in [0.1, 0.15) is 19.8 Å². The van der Waals surface area contributed by atoms with Crippen LogP contribution in [0.15, 0.2) is 12.2 Å². The molecule has 2 amide bonds. The highest BCUT2D eigenvalue weighted by molar-refractivity contribution is 6.30. The third-order valence-corrected chi connectivity index (χ3v) is 1.61. The van der Waals surface area contributed by atoms with E-state index in [0.717, 1.165) is 6.42 Å². The lowest BCUT2D eigenvalue weighted by Crippen LogP contribution is -2.21. The Balaban J connectivity index is 0.000000423. The topological polar surface area (TPSA) is 107 Å². The second kappa shape index (κ2) is 7.16. The molecular formula is C8H14BNO5. The standard InChI is InChI=1S/C8H11NO2.BH3O3/c1-2-3-4-6-5-7(10)9-8(6)11;2-1(3)4/h3-4,6H,2,5H2,1H3,(H,9,10,11);2-4H. The molecule has 1 aliphatic heterocycles. The molecule has 0 saturated carbocycles. The molecule has 1 rings (SSSR count). The molecule has 4 N–H and O–H groups in total. The highest BCUT2D eigenvalue weighted by atomic mass is 16.5. The number of carbonyl (C=O) groups is 2. The molecule has 0 radical (unpaired) electrons. The minimum Gasteiger partial charge on any atom is -0.402 e. The van der Waals surface area contributed by atoms with Crippen LogP contribution in [0, 0.1) is 5.92 Å². The Morgan fingerprint density at radius 1 is 1.47 bits per heavy atom. The van der Waals surface area contributed by atoms with Crippen LogP contribution in [0.3, 0.4) is 0 Å². The second-order valence-corrected chi connectivity index (χ2v) is 2.91. The first-order valence-electron chi connectivity index (χ1n) is 4.52. The molecule has 15 heavy (non-hydrogen) atoms. The maximum atomic E-state index is 10.9. The van der Waals surface area contributed by atoms with Crippen molar-refractivity contribution in [2.45, 2.75) is 19.8 Å². The van der Waals surface area contributed by atoms with Gasteiger partial charge in [-0.25, -0.2) is 0 Å². The number of carbonyl (C=O) groups excluding carboxylic acids is 2. The molecule has 0 spiro atoms. The first-order valence-corrected chi connectivity index (χ1v) is 4.52. The molecular weight excluding hydrogens is 201 g/mol. The van der Waals surface area contributed by atoms with Crippen LogP contribution in [-0.2, 0) is 9.59 Å². The van der Waals surface area contributed by atoms with Crippen molar-refractivity contribution in [3.63, 3.8) is 0 Å². The van der Waals surface area contributed by atoms with Gasteiger partial charge in [0.05, 0.1) is 5.92 Å². The van der Waals surface area contributed by atoms with E-state index in [1.165, 1.54) is 0 Å². The smallest absolute Gasteiger partial charge is 0.402 e. The van der Waals surface area contributed by atoms with Gasteiger partial charge in [0.15, 0.2) is 0 Å². The Morgan fingerprint density at radius 2 is 2.00 bits per heavy atom. The van der Waals surface area contributed by atoms with E-state index in [0.29, 0.717) is 6.42 Å². The lowest BCUT2D eigenvalue weighted by atomic mass is 10.1. The lowest BCUT2D eigenvalue weighted by molar-refractivity contribution is -0.125. The molecule has 1 aliphatic rings. The summed E-state index contributed by atoms with van der Waals surface area (Å²) in [6.45, 7) is 1.99. The van der Waals surface area contributed by atoms with E-state index >= 15 is 0 Å². The summed E-state index contributed by atoms with van der Waals surface area (Å²) < 4.78 is 0. The zero-order chi connectivity index (χ0) is 11.8. The SMILES string of the molecule is CCC=CC1CC(=O)NC1=O.OB(O)O. The highest BCUT2D eigenvalue weighted by Crippen LogP contribution is 2.11. The molecule has 1 atom stereocenters. The summed E-state index contributed by atoms with van der Waals surface area (Å²) in [5.41, 5.74) is 0. The number of amides is 2. The molecule has 0 bridgehead atoms. The van der Waals surface area contributed by atoms with Crippen molar-refractivity contribution in [2.24, 2.45) is 5.92 Å². The van der Waals surface area contributed by atoms with E-state index in [1.807, 2.05) is 13.0 Å². The number of nitrogens with one attached hydrogen (secondary N) is 1. The van der Waals surface area contributed by atoms with Crippen molar-refractivity contribution in [2.75, 3.05) is 0 Å². The molecule has 84 valence electrons. The Bertz CT molecular complexity index is 251. The van der Waals surface area contributed by atoms with Gasteiger partial charge >= 0.3 is 7.32 Å². The molecule has 1 saturated heterocycles. The Morgan fingerprint density at radius 3 is 2.33 bits per heavy atom. The fraction of sp³-hybridized carbons (Fsp3) is 0.500. The fourth-order valence-electron chi connectivity index (χ4n) is 1.03. The summed E-state index contributed by atoms with van der Waals surface area (Å²) in [6.07, 6.45) is 4.91. The molecule has 0 aliphatic carbocycles. The van der Waals surface area contributed by atoms with Gasteiger partial charge in [-0.3, -0.25) is 14.9 Å². The van der Waals surface area contributed by atoms with Crippen LogP contribution in [0.25, 0.3) is 0 Å². The van der Waals surface area contributed by atoms with E-state index in [2.05, 4.69) is 5.32 Å². The fourth-order valence-corrected chi connectivity index (χ4v) is 1.03. The van der Waals surface area contributed by atoms with Gasteiger partial charge in [-0.1, -0.05) is 19.1 Å². The number of rotatable bonds is 2. The van der Waals surface area contributed by atoms with Gasteiger partial charge < -0.3 is 15.1 Å². The number of allylic oxidation sites excluding steroid dienone is 1. The average Bonchev–Trinajstić information content (AvgIpc) is 2.40. The molecule has 1 fully saturated rings. The number of hydrogen-bond acceptors (Lipinski definition) is 5. The summed E-state index contributed by atoms with van der Waals surface area (Å²) in [5, 5.41) is 23.7. The van der Waals surface area contributed by atoms with Crippen LogP contribution >= 0.6 is 0 Å². The second-order valence-electron chi connectivity index (χ2n) is 2.91. The first kappa shape index (κ1) is 13.8. The molecule has 1 heterocycles. The number of hydrogen-bond donors (Lipinski definition) is 4.